The third-order valence-electron chi connectivity index (χ3n) is 4.82. The van der Waals surface area contributed by atoms with Crippen molar-refractivity contribution in [3.63, 3.8) is 0 Å². The molecule has 0 radical (unpaired) electrons. The molecule has 3 heteroatoms. The third kappa shape index (κ3) is 4.86. The number of aryl methyl sites for hydroxylation is 1. The van der Waals surface area contributed by atoms with E-state index in [-0.39, 0.29) is 5.41 Å². The van der Waals surface area contributed by atoms with Crippen LogP contribution in [0.4, 0.5) is 0 Å². The Balaban J connectivity index is 0.000000758. The average molecular weight is 466 g/mol. The summed E-state index contributed by atoms with van der Waals surface area (Å²) in [6.07, 6.45) is 0. The van der Waals surface area contributed by atoms with Crippen molar-refractivity contribution in [1.82, 2.24) is 0 Å². The van der Waals surface area contributed by atoms with Gasteiger partial charge in [-0.25, -0.2) is 0 Å². The van der Waals surface area contributed by atoms with E-state index in [4.69, 9.17) is 17.0 Å². The van der Waals surface area contributed by atoms with Crippen molar-refractivity contribution in [3.05, 3.63) is 65.2 Å². The standard InChI is InChI=1S/C23H27.2ClH.Zr/c1-15(2)19-9-7-8-10-20(19)22-16(3)11-12-17-13-18(14-21(17)22)23(4,5)6;;;/h7-15H,1-6H3;2*1H;/q-1;;;+2/p-2. The number of rotatable bonds is 2. The molecule has 0 aliphatic heterocycles. The molecule has 0 fully saturated rings. The predicted octanol–water partition coefficient (Wildman–Crippen LogP) is 8.33. The molecule has 0 N–H and O–H groups in total. The summed E-state index contributed by atoms with van der Waals surface area (Å²) in [6, 6.07) is 18.1. The van der Waals surface area contributed by atoms with Crippen LogP contribution in [0.1, 0.15) is 57.2 Å². The van der Waals surface area contributed by atoms with Crippen molar-refractivity contribution < 1.29 is 20.8 Å². The molecule has 0 aliphatic carbocycles. The van der Waals surface area contributed by atoms with E-state index in [1.165, 1.54) is 38.6 Å². The summed E-state index contributed by atoms with van der Waals surface area (Å²) in [5.41, 5.74) is 7.18. The summed E-state index contributed by atoms with van der Waals surface area (Å²) in [4.78, 5) is 0. The van der Waals surface area contributed by atoms with E-state index < -0.39 is 20.8 Å². The summed E-state index contributed by atoms with van der Waals surface area (Å²) in [5, 5.41) is 2.75. The van der Waals surface area contributed by atoms with Crippen molar-refractivity contribution in [2.75, 3.05) is 0 Å². The van der Waals surface area contributed by atoms with Crippen LogP contribution in [-0.4, -0.2) is 0 Å². The van der Waals surface area contributed by atoms with Crippen LogP contribution in [0.25, 0.3) is 21.9 Å². The Morgan fingerprint density at radius 3 is 2.19 bits per heavy atom. The molecule has 0 spiro atoms. The monoisotopic (exact) mass is 463 g/mol. The number of fused-ring (bicyclic) bond motifs is 1. The quantitative estimate of drug-likeness (QED) is 0.334. The first-order chi connectivity index (χ1) is 12.2. The minimum atomic E-state index is -0.826. The van der Waals surface area contributed by atoms with Crippen molar-refractivity contribution >= 4 is 27.8 Å². The maximum absolute atomic E-state index is 4.93. The number of hydrogen-bond acceptors (Lipinski definition) is 0. The van der Waals surface area contributed by atoms with Gasteiger partial charge < -0.3 is 0 Å². The maximum atomic E-state index is 4.93. The van der Waals surface area contributed by atoms with Gasteiger partial charge in [-0.05, 0) is 29.4 Å². The molecule has 0 saturated heterocycles. The van der Waals surface area contributed by atoms with E-state index in [2.05, 4.69) is 90.1 Å². The molecule has 3 aromatic rings. The second-order valence-electron chi connectivity index (χ2n) is 8.07. The van der Waals surface area contributed by atoms with Crippen LogP contribution in [0.3, 0.4) is 0 Å². The fourth-order valence-corrected chi connectivity index (χ4v) is 3.41. The Bertz CT molecular complexity index is 870. The zero-order valence-corrected chi connectivity index (χ0v) is 20.4. The van der Waals surface area contributed by atoms with Gasteiger partial charge in [0.1, 0.15) is 0 Å². The molecule has 0 saturated carbocycles. The normalized spacial score (nSPS) is 11.4. The van der Waals surface area contributed by atoms with Crippen LogP contribution in [0.15, 0.2) is 48.5 Å². The number of halogens is 2. The minimum absolute atomic E-state index is 0.182. The molecule has 26 heavy (non-hydrogen) atoms. The second kappa shape index (κ2) is 9.14. The van der Waals surface area contributed by atoms with Crippen LogP contribution >= 0.6 is 17.0 Å². The van der Waals surface area contributed by atoms with Crippen LogP contribution in [0, 0.1) is 6.92 Å². The summed E-state index contributed by atoms with van der Waals surface area (Å²) in [6.45, 7) is 13.6. The van der Waals surface area contributed by atoms with Gasteiger partial charge in [-0.3, -0.25) is 0 Å². The molecule has 138 valence electrons. The average Bonchev–Trinajstić information content (AvgIpc) is 3.00. The van der Waals surface area contributed by atoms with E-state index in [1.54, 1.807) is 0 Å². The van der Waals surface area contributed by atoms with Crippen molar-refractivity contribution in [1.29, 1.82) is 0 Å². The molecule has 3 rings (SSSR count). The Hall–Kier alpha value is -0.487. The van der Waals surface area contributed by atoms with Gasteiger partial charge >= 0.3 is 37.9 Å². The summed E-state index contributed by atoms with van der Waals surface area (Å²) >= 11 is -0.826. The van der Waals surface area contributed by atoms with Crippen LogP contribution in [0.5, 0.6) is 0 Å². The van der Waals surface area contributed by atoms with Crippen LogP contribution < -0.4 is 0 Å². The zero-order valence-electron chi connectivity index (χ0n) is 16.5. The van der Waals surface area contributed by atoms with Crippen LogP contribution in [0.2, 0.25) is 0 Å². The van der Waals surface area contributed by atoms with E-state index >= 15 is 0 Å². The molecule has 0 atom stereocenters. The fraction of sp³-hybridized carbons (Fsp3) is 0.348. The molecule has 0 bridgehead atoms. The number of benzene rings is 2. The van der Waals surface area contributed by atoms with Gasteiger partial charge in [0.2, 0.25) is 0 Å². The first kappa shape index (κ1) is 21.8. The summed E-state index contributed by atoms with van der Waals surface area (Å²) in [5.74, 6) is 0.526. The zero-order chi connectivity index (χ0) is 19.5. The van der Waals surface area contributed by atoms with Crippen molar-refractivity contribution in [2.24, 2.45) is 0 Å². The fourth-order valence-electron chi connectivity index (χ4n) is 3.41. The van der Waals surface area contributed by atoms with Gasteiger partial charge in [0, 0.05) is 0 Å². The van der Waals surface area contributed by atoms with Gasteiger partial charge in [-0.2, -0.15) is 6.07 Å². The molecule has 0 heterocycles. The van der Waals surface area contributed by atoms with Gasteiger partial charge in [0.05, 0.1) is 0 Å². The van der Waals surface area contributed by atoms with E-state index in [0.717, 1.165) is 0 Å². The SMILES string of the molecule is Cc1ccc2[cH-]c(C(C)(C)C)cc2c1-c1ccccc1C(C)C.[Cl][Zr][Cl]. The van der Waals surface area contributed by atoms with Gasteiger partial charge in [0.15, 0.2) is 0 Å². The van der Waals surface area contributed by atoms with Crippen molar-refractivity contribution in [2.45, 2.75) is 52.9 Å². The predicted molar refractivity (Wildman–Crippen MR) is 114 cm³/mol. The Labute approximate surface area is 176 Å². The Morgan fingerprint density at radius 2 is 1.62 bits per heavy atom. The molecular formula is C23H27Cl2Zr-. The number of hydrogen-bond donors (Lipinski definition) is 0. The first-order valence-electron chi connectivity index (χ1n) is 8.96. The first-order valence-corrected chi connectivity index (χ1v) is 15.3. The Morgan fingerprint density at radius 1 is 1.00 bits per heavy atom. The molecule has 0 amide bonds. The summed E-state index contributed by atoms with van der Waals surface area (Å²) in [7, 11) is 9.87. The molecule has 0 aromatic heterocycles. The van der Waals surface area contributed by atoms with Crippen molar-refractivity contribution in [3.8, 4) is 11.1 Å². The summed E-state index contributed by atoms with van der Waals surface area (Å²) < 4.78 is 0. The molecule has 0 aliphatic rings. The second-order valence-corrected chi connectivity index (χ2v) is 11.8. The Kier molecular flexibility index (Phi) is 7.66. The van der Waals surface area contributed by atoms with Gasteiger partial charge in [0.25, 0.3) is 0 Å². The van der Waals surface area contributed by atoms with E-state index in [1.807, 2.05) is 0 Å². The van der Waals surface area contributed by atoms with E-state index in [9.17, 15) is 0 Å². The topological polar surface area (TPSA) is 0 Å². The molecule has 0 unspecified atom stereocenters. The van der Waals surface area contributed by atoms with E-state index in [0.29, 0.717) is 5.92 Å². The molecule has 0 nitrogen and oxygen atoms in total. The van der Waals surface area contributed by atoms with Crippen LogP contribution in [-0.2, 0) is 26.3 Å². The van der Waals surface area contributed by atoms with Gasteiger partial charge in [-0.15, -0.1) is 34.5 Å². The molecular weight excluding hydrogens is 438 g/mol. The van der Waals surface area contributed by atoms with Gasteiger partial charge in [-0.1, -0.05) is 70.0 Å². The third-order valence-corrected chi connectivity index (χ3v) is 4.82. The molecule has 3 aromatic carbocycles.